The van der Waals surface area contributed by atoms with Gasteiger partial charge in [0.05, 0.1) is 15.7 Å². The van der Waals surface area contributed by atoms with Crippen LogP contribution in [0.3, 0.4) is 0 Å². The summed E-state index contributed by atoms with van der Waals surface area (Å²) in [5.41, 5.74) is 1.33. The van der Waals surface area contributed by atoms with Gasteiger partial charge < -0.3 is 15.7 Å². The first-order valence-corrected chi connectivity index (χ1v) is 6.99. The van der Waals surface area contributed by atoms with Gasteiger partial charge in [0.1, 0.15) is 5.75 Å². The fourth-order valence-corrected chi connectivity index (χ4v) is 1.99. The Kier molecular flexibility index (Phi) is 4.90. The summed E-state index contributed by atoms with van der Waals surface area (Å²) < 4.78 is 0. The highest BCUT2D eigenvalue weighted by atomic mass is 35.5. The third kappa shape index (κ3) is 3.90. The van der Waals surface area contributed by atoms with Gasteiger partial charge in [-0.2, -0.15) is 0 Å². The fourth-order valence-electron chi connectivity index (χ4n) is 1.69. The van der Waals surface area contributed by atoms with Crippen LogP contribution >= 0.6 is 23.2 Å². The highest BCUT2D eigenvalue weighted by Gasteiger charge is 2.16. The Morgan fingerprint density at radius 1 is 0.955 bits per heavy atom. The van der Waals surface area contributed by atoms with E-state index in [1.54, 1.807) is 19.1 Å². The molecule has 2 rings (SSSR count). The van der Waals surface area contributed by atoms with Crippen molar-refractivity contribution in [1.82, 2.24) is 0 Å². The fraction of sp³-hybridized carbons (Fsp3) is 0.0667. The number of anilines is 2. The first-order chi connectivity index (χ1) is 10.4. The van der Waals surface area contributed by atoms with E-state index in [0.717, 1.165) is 5.56 Å². The van der Waals surface area contributed by atoms with Crippen LogP contribution in [0.4, 0.5) is 11.4 Å². The van der Waals surface area contributed by atoms with Crippen molar-refractivity contribution in [2.45, 2.75) is 6.92 Å². The van der Waals surface area contributed by atoms with Crippen molar-refractivity contribution < 1.29 is 14.7 Å². The lowest BCUT2D eigenvalue weighted by molar-refractivity contribution is -0.133. The molecule has 0 heterocycles. The van der Waals surface area contributed by atoms with Gasteiger partial charge in [-0.15, -0.1) is 0 Å². The normalized spacial score (nSPS) is 10.1. The van der Waals surface area contributed by atoms with Gasteiger partial charge in [0.2, 0.25) is 0 Å². The number of halogens is 2. The number of benzene rings is 2. The lowest BCUT2D eigenvalue weighted by Gasteiger charge is -2.09. The van der Waals surface area contributed by atoms with E-state index in [-0.39, 0.29) is 16.5 Å². The molecule has 0 aliphatic carbocycles. The molecule has 2 aromatic rings. The number of hydrogen-bond donors (Lipinski definition) is 3. The van der Waals surface area contributed by atoms with Crippen molar-refractivity contribution >= 4 is 46.4 Å². The molecule has 2 aromatic carbocycles. The Hall–Kier alpha value is -2.24. The van der Waals surface area contributed by atoms with Gasteiger partial charge in [0.25, 0.3) is 0 Å². The SMILES string of the molecule is Cc1ccc(O)c(NC(=O)C(=O)Nc2ccc(Cl)c(Cl)c2)c1. The van der Waals surface area contributed by atoms with Crippen LogP contribution in [-0.4, -0.2) is 16.9 Å². The van der Waals surface area contributed by atoms with Crippen LogP contribution in [0.5, 0.6) is 5.75 Å². The molecule has 5 nitrogen and oxygen atoms in total. The molecule has 0 saturated carbocycles. The Morgan fingerprint density at radius 3 is 2.32 bits per heavy atom. The molecule has 0 aliphatic heterocycles. The molecule has 0 bridgehead atoms. The summed E-state index contributed by atoms with van der Waals surface area (Å²) >= 11 is 11.6. The third-order valence-electron chi connectivity index (χ3n) is 2.78. The predicted octanol–water partition coefficient (Wildman–Crippen LogP) is 3.58. The minimum absolute atomic E-state index is 0.124. The minimum atomic E-state index is -0.910. The van der Waals surface area contributed by atoms with Crippen LogP contribution in [0.15, 0.2) is 36.4 Å². The molecule has 22 heavy (non-hydrogen) atoms. The van der Waals surface area contributed by atoms with Gasteiger partial charge in [-0.05, 0) is 42.8 Å². The lowest BCUT2D eigenvalue weighted by Crippen LogP contribution is -2.29. The van der Waals surface area contributed by atoms with Crippen molar-refractivity contribution in [3.8, 4) is 5.75 Å². The Morgan fingerprint density at radius 2 is 1.64 bits per heavy atom. The maximum Gasteiger partial charge on any atom is 0.314 e. The molecule has 0 aliphatic rings. The number of aryl methyl sites for hydroxylation is 1. The van der Waals surface area contributed by atoms with Gasteiger partial charge >= 0.3 is 11.8 Å². The highest BCUT2D eigenvalue weighted by molar-refractivity contribution is 6.44. The second-order valence-electron chi connectivity index (χ2n) is 4.56. The maximum absolute atomic E-state index is 11.8. The number of carbonyl (C=O) groups is 2. The van der Waals surface area contributed by atoms with Crippen LogP contribution in [0.2, 0.25) is 10.0 Å². The van der Waals surface area contributed by atoms with Crippen molar-refractivity contribution in [3.63, 3.8) is 0 Å². The Balaban J connectivity index is 2.07. The van der Waals surface area contributed by atoms with E-state index in [2.05, 4.69) is 10.6 Å². The number of amides is 2. The number of phenols is 1. The molecular weight excluding hydrogens is 327 g/mol. The second kappa shape index (κ2) is 6.68. The van der Waals surface area contributed by atoms with E-state index in [9.17, 15) is 14.7 Å². The maximum atomic E-state index is 11.8. The molecule has 7 heteroatoms. The number of nitrogens with one attached hydrogen (secondary N) is 2. The lowest BCUT2D eigenvalue weighted by atomic mass is 10.2. The topological polar surface area (TPSA) is 78.4 Å². The Labute approximate surface area is 136 Å². The van der Waals surface area contributed by atoms with E-state index in [1.807, 2.05) is 0 Å². The molecule has 0 radical (unpaired) electrons. The highest BCUT2D eigenvalue weighted by Crippen LogP contribution is 2.26. The molecule has 0 unspecified atom stereocenters. The summed E-state index contributed by atoms with van der Waals surface area (Å²) in [5, 5.41) is 15.0. The zero-order valence-corrected chi connectivity index (χ0v) is 13.0. The average Bonchev–Trinajstić information content (AvgIpc) is 2.46. The summed E-state index contributed by atoms with van der Waals surface area (Å²) in [6.07, 6.45) is 0. The first kappa shape index (κ1) is 16.1. The molecule has 0 fully saturated rings. The molecular formula is C15H12Cl2N2O3. The van der Waals surface area contributed by atoms with Gasteiger partial charge in [0, 0.05) is 5.69 Å². The predicted molar refractivity (Wildman–Crippen MR) is 86.6 cm³/mol. The van der Waals surface area contributed by atoms with Crippen molar-refractivity contribution in [2.75, 3.05) is 10.6 Å². The zero-order chi connectivity index (χ0) is 16.3. The summed E-state index contributed by atoms with van der Waals surface area (Å²) in [7, 11) is 0. The van der Waals surface area contributed by atoms with Crippen molar-refractivity contribution in [2.24, 2.45) is 0 Å². The number of phenolic OH excluding ortho intramolecular Hbond substituents is 1. The van der Waals surface area contributed by atoms with Crippen LogP contribution < -0.4 is 10.6 Å². The monoisotopic (exact) mass is 338 g/mol. The quantitative estimate of drug-likeness (QED) is 0.578. The summed E-state index contributed by atoms with van der Waals surface area (Å²) in [4.78, 5) is 23.7. The largest absolute Gasteiger partial charge is 0.506 e. The number of aromatic hydroxyl groups is 1. The van der Waals surface area contributed by atoms with E-state index in [0.29, 0.717) is 10.7 Å². The Bertz CT molecular complexity index is 748. The van der Waals surface area contributed by atoms with Crippen LogP contribution in [-0.2, 0) is 9.59 Å². The van der Waals surface area contributed by atoms with Gasteiger partial charge in [0.15, 0.2) is 0 Å². The molecule has 0 aromatic heterocycles. The summed E-state index contributed by atoms with van der Waals surface area (Å²) in [6, 6.07) is 9.12. The molecule has 0 spiro atoms. The molecule has 0 atom stereocenters. The standard InChI is InChI=1S/C15H12Cl2N2O3/c1-8-2-5-13(20)12(6-8)19-15(22)14(21)18-9-3-4-10(16)11(17)7-9/h2-7,20H,1H3,(H,18,21)(H,19,22). The summed E-state index contributed by atoms with van der Waals surface area (Å²) in [5.74, 6) is -1.92. The summed E-state index contributed by atoms with van der Waals surface area (Å²) in [6.45, 7) is 1.80. The number of carbonyl (C=O) groups excluding carboxylic acids is 2. The van der Waals surface area contributed by atoms with Crippen LogP contribution in [0, 0.1) is 6.92 Å². The van der Waals surface area contributed by atoms with Gasteiger partial charge in [-0.3, -0.25) is 9.59 Å². The van der Waals surface area contributed by atoms with E-state index in [1.165, 1.54) is 24.3 Å². The van der Waals surface area contributed by atoms with Crippen LogP contribution in [0.25, 0.3) is 0 Å². The second-order valence-corrected chi connectivity index (χ2v) is 5.37. The number of rotatable bonds is 2. The van der Waals surface area contributed by atoms with E-state index < -0.39 is 11.8 Å². The van der Waals surface area contributed by atoms with E-state index in [4.69, 9.17) is 23.2 Å². The van der Waals surface area contributed by atoms with E-state index >= 15 is 0 Å². The average molecular weight is 339 g/mol. The van der Waals surface area contributed by atoms with Gasteiger partial charge in [-0.25, -0.2) is 0 Å². The number of hydrogen-bond acceptors (Lipinski definition) is 3. The zero-order valence-electron chi connectivity index (χ0n) is 11.5. The third-order valence-corrected chi connectivity index (χ3v) is 3.52. The molecule has 114 valence electrons. The van der Waals surface area contributed by atoms with Gasteiger partial charge in [-0.1, -0.05) is 29.3 Å². The first-order valence-electron chi connectivity index (χ1n) is 6.24. The van der Waals surface area contributed by atoms with Crippen molar-refractivity contribution in [3.05, 3.63) is 52.0 Å². The minimum Gasteiger partial charge on any atom is -0.506 e. The molecule has 2 amide bonds. The smallest absolute Gasteiger partial charge is 0.314 e. The molecule has 3 N–H and O–H groups in total. The van der Waals surface area contributed by atoms with Crippen molar-refractivity contribution in [1.29, 1.82) is 0 Å². The van der Waals surface area contributed by atoms with Crippen LogP contribution in [0.1, 0.15) is 5.56 Å². The molecule has 0 saturated heterocycles.